The van der Waals surface area contributed by atoms with Gasteiger partial charge in [0.15, 0.2) is 0 Å². The highest BCUT2D eigenvalue weighted by molar-refractivity contribution is 6.09. The predicted octanol–water partition coefficient (Wildman–Crippen LogP) is 14.9. The minimum Gasteiger partial charge on any atom is -0.455 e. The zero-order valence-corrected chi connectivity index (χ0v) is 31.1. The second-order valence-electron chi connectivity index (χ2n) is 15.2. The molecule has 0 bridgehead atoms. The summed E-state index contributed by atoms with van der Waals surface area (Å²) in [5.41, 5.74) is 19.0. The van der Waals surface area contributed by atoms with E-state index in [1.54, 1.807) is 0 Å². The molecule has 268 valence electrons. The maximum absolute atomic E-state index is 6.41. The Bertz CT molecular complexity index is 3180. The maximum Gasteiger partial charge on any atom is 0.143 e. The number of para-hydroxylation sites is 3. The lowest BCUT2D eigenvalue weighted by Gasteiger charge is -2.26. The summed E-state index contributed by atoms with van der Waals surface area (Å²) < 4.78 is 8.91. The highest BCUT2D eigenvalue weighted by Gasteiger charge is 2.34. The number of fused-ring (bicyclic) bond motifs is 9. The highest BCUT2D eigenvalue weighted by Crippen LogP contribution is 2.50. The van der Waals surface area contributed by atoms with E-state index in [-0.39, 0.29) is 0 Å². The second-order valence-corrected chi connectivity index (χ2v) is 15.2. The number of nitrogens with zero attached hydrogens (tertiary/aromatic N) is 2. The van der Waals surface area contributed by atoms with Gasteiger partial charge in [-0.25, -0.2) is 0 Å². The number of benzene rings is 8. The number of hydrogen-bond donors (Lipinski definition) is 0. The predicted molar refractivity (Wildman–Crippen MR) is 237 cm³/mol. The van der Waals surface area contributed by atoms with Crippen molar-refractivity contribution in [2.75, 3.05) is 4.90 Å². The molecule has 3 heteroatoms. The lowest BCUT2D eigenvalue weighted by atomic mass is 9.86. The third kappa shape index (κ3) is 4.99. The van der Waals surface area contributed by atoms with Crippen LogP contribution < -0.4 is 4.90 Å². The summed E-state index contributed by atoms with van der Waals surface area (Å²) in [4.78, 5) is 2.35. The molecule has 1 aliphatic heterocycles. The molecule has 0 saturated heterocycles. The Balaban J connectivity index is 0.917. The molecule has 0 radical (unpaired) electrons. The topological polar surface area (TPSA) is 21.3 Å². The molecule has 12 rings (SSSR count). The first-order valence-electron chi connectivity index (χ1n) is 19.8. The van der Waals surface area contributed by atoms with Crippen molar-refractivity contribution < 1.29 is 4.42 Å². The van der Waals surface area contributed by atoms with Crippen LogP contribution in [0, 0.1) is 0 Å². The number of aromatic nitrogens is 1. The Morgan fingerprint density at radius 2 is 1.09 bits per heavy atom. The molecule has 0 amide bonds. The number of furan rings is 1. The van der Waals surface area contributed by atoms with Gasteiger partial charge in [0.05, 0.1) is 5.52 Å². The van der Waals surface area contributed by atoms with E-state index in [1.807, 2.05) is 12.1 Å². The monoisotopic (exact) mass is 728 g/mol. The van der Waals surface area contributed by atoms with Crippen LogP contribution in [0.15, 0.2) is 199 Å². The lowest BCUT2D eigenvalue weighted by Crippen LogP contribution is -2.09. The van der Waals surface area contributed by atoms with Gasteiger partial charge in [-0.3, -0.25) is 0 Å². The Labute approximate surface area is 331 Å². The molecule has 57 heavy (non-hydrogen) atoms. The summed E-state index contributed by atoms with van der Waals surface area (Å²) in [6.45, 7) is 0. The molecule has 1 unspecified atom stereocenters. The van der Waals surface area contributed by atoms with Crippen LogP contribution in [0.4, 0.5) is 17.1 Å². The van der Waals surface area contributed by atoms with E-state index in [0.29, 0.717) is 5.92 Å². The van der Waals surface area contributed by atoms with Crippen LogP contribution in [0.2, 0.25) is 0 Å². The molecule has 0 fully saturated rings. The molecular weight excluding hydrogens is 693 g/mol. The van der Waals surface area contributed by atoms with Crippen molar-refractivity contribution in [3.05, 3.63) is 211 Å². The molecule has 0 saturated carbocycles. The molecule has 10 aromatic rings. The minimum absolute atomic E-state index is 0.378. The van der Waals surface area contributed by atoms with E-state index < -0.39 is 0 Å². The number of allylic oxidation sites excluding steroid dienone is 1. The van der Waals surface area contributed by atoms with Gasteiger partial charge in [0.25, 0.3) is 0 Å². The fourth-order valence-electron chi connectivity index (χ4n) is 9.44. The second kappa shape index (κ2) is 12.6. The summed E-state index contributed by atoms with van der Waals surface area (Å²) in [6.07, 6.45) is 5.71. The van der Waals surface area contributed by atoms with E-state index in [9.17, 15) is 0 Å². The molecule has 0 spiro atoms. The summed E-state index contributed by atoms with van der Waals surface area (Å²) in [6, 6.07) is 68.0. The van der Waals surface area contributed by atoms with Crippen LogP contribution in [0.5, 0.6) is 0 Å². The van der Waals surface area contributed by atoms with Crippen LogP contribution in [0.25, 0.3) is 78.0 Å². The zero-order valence-electron chi connectivity index (χ0n) is 31.1. The van der Waals surface area contributed by atoms with Crippen molar-refractivity contribution in [2.45, 2.75) is 12.3 Å². The Hall–Kier alpha value is -7.36. The summed E-state index contributed by atoms with van der Waals surface area (Å²) in [7, 11) is 0. The molecule has 1 aliphatic carbocycles. The van der Waals surface area contributed by atoms with Crippen molar-refractivity contribution in [2.24, 2.45) is 0 Å². The minimum atomic E-state index is 0.378. The highest BCUT2D eigenvalue weighted by atomic mass is 16.3. The molecule has 3 heterocycles. The van der Waals surface area contributed by atoms with E-state index in [2.05, 4.69) is 198 Å². The zero-order chi connectivity index (χ0) is 37.5. The van der Waals surface area contributed by atoms with Crippen LogP contribution >= 0.6 is 0 Å². The fourth-order valence-corrected chi connectivity index (χ4v) is 9.44. The van der Waals surface area contributed by atoms with E-state index in [1.165, 1.54) is 55.7 Å². The summed E-state index contributed by atoms with van der Waals surface area (Å²) in [5.74, 6) is 0.378. The molecule has 8 aromatic carbocycles. The van der Waals surface area contributed by atoms with Gasteiger partial charge in [0.1, 0.15) is 11.2 Å². The number of hydrogen-bond acceptors (Lipinski definition) is 2. The SMILES string of the molecule is C1=Cc2c3n(c4ccccc24)-c2ccc(-c4ccc(N(c5ccc(-c6ccccc6)cc5)c5ccc(-c6cccc7c6oc6ccccc67)cc5)cc4)cc2C3C1. The standard InChI is InChI=1S/C54H36N2O/c1-2-10-35(11-3-1)36-20-27-40(28-21-36)55(42-31-24-38(25-32-42)43-14-8-17-48-45-13-5-7-19-52(45)57-54(43)48)41-29-22-37(23-30-41)39-26-33-51-49(34-39)47-16-9-15-46-44-12-4-6-18-50(44)56(51)53(46)47/h1-15,17-34,47H,16H2. The third-order valence-corrected chi connectivity index (χ3v) is 12.1. The Kier molecular flexibility index (Phi) is 7.05. The van der Waals surface area contributed by atoms with Crippen molar-refractivity contribution >= 4 is 56.0 Å². The van der Waals surface area contributed by atoms with Gasteiger partial charge in [0, 0.05) is 61.6 Å². The van der Waals surface area contributed by atoms with Crippen molar-refractivity contribution in [1.29, 1.82) is 0 Å². The van der Waals surface area contributed by atoms with Gasteiger partial charge in [-0.15, -0.1) is 0 Å². The summed E-state index contributed by atoms with van der Waals surface area (Å²) >= 11 is 0. The average Bonchev–Trinajstić information content (AvgIpc) is 3.95. The van der Waals surface area contributed by atoms with E-state index in [0.717, 1.165) is 56.5 Å². The van der Waals surface area contributed by atoms with Crippen LogP contribution in [-0.2, 0) is 0 Å². The molecule has 2 aromatic heterocycles. The van der Waals surface area contributed by atoms with Gasteiger partial charge < -0.3 is 13.9 Å². The van der Waals surface area contributed by atoms with Crippen molar-refractivity contribution in [3.63, 3.8) is 0 Å². The first-order valence-corrected chi connectivity index (χ1v) is 19.8. The van der Waals surface area contributed by atoms with Gasteiger partial charge in [-0.05, 0) is 100 Å². The quantitative estimate of drug-likeness (QED) is 0.170. The van der Waals surface area contributed by atoms with Gasteiger partial charge >= 0.3 is 0 Å². The molecule has 0 N–H and O–H groups in total. The molecule has 1 atom stereocenters. The fraction of sp³-hybridized carbons (Fsp3) is 0.0370. The lowest BCUT2D eigenvalue weighted by molar-refractivity contribution is 0.670. The van der Waals surface area contributed by atoms with Crippen LogP contribution in [-0.4, -0.2) is 4.57 Å². The average molecular weight is 729 g/mol. The van der Waals surface area contributed by atoms with Crippen molar-refractivity contribution in [1.82, 2.24) is 4.57 Å². The number of anilines is 3. The normalized spacial score (nSPS) is 14.0. The Morgan fingerprint density at radius 3 is 1.84 bits per heavy atom. The van der Waals surface area contributed by atoms with E-state index in [4.69, 9.17) is 4.42 Å². The molecular formula is C54H36N2O. The van der Waals surface area contributed by atoms with E-state index >= 15 is 0 Å². The third-order valence-electron chi connectivity index (χ3n) is 12.1. The van der Waals surface area contributed by atoms with Crippen LogP contribution in [0.1, 0.15) is 29.2 Å². The first-order chi connectivity index (χ1) is 28.3. The Morgan fingerprint density at radius 1 is 0.491 bits per heavy atom. The first kappa shape index (κ1) is 31.9. The summed E-state index contributed by atoms with van der Waals surface area (Å²) in [5, 5.41) is 3.62. The largest absolute Gasteiger partial charge is 0.455 e. The number of rotatable bonds is 6. The maximum atomic E-state index is 6.41. The van der Waals surface area contributed by atoms with Crippen LogP contribution in [0.3, 0.4) is 0 Å². The van der Waals surface area contributed by atoms with Gasteiger partial charge in [0.2, 0.25) is 0 Å². The van der Waals surface area contributed by atoms with Crippen molar-refractivity contribution in [3.8, 4) is 39.1 Å². The molecule has 3 nitrogen and oxygen atoms in total. The molecule has 2 aliphatic rings. The smallest absolute Gasteiger partial charge is 0.143 e. The van der Waals surface area contributed by atoms with Gasteiger partial charge in [-0.1, -0.05) is 140 Å². The van der Waals surface area contributed by atoms with Gasteiger partial charge in [-0.2, -0.15) is 0 Å².